The van der Waals surface area contributed by atoms with Crippen LogP contribution in [0.4, 0.5) is 4.39 Å². The van der Waals surface area contributed by atoms with Crippen LogP contribution in [0.1, 0.15) is 17.4 Å². The zero-order valence-electron chi connectivity index (χ0n) is 12.1. The summed E-state index contributed by atoms with van der Waals surface area (Å²) in [7, 11) is 1.36. The van der Waals surface area contributed by atoms with Crippen LogP contribution in [0.3, 0.4) is 0 Å². The second kappa shape index (κ2) is 6.83. The Labute approximate surface area is 127 Å². The Bertz CT molecular complexity index is 600. The van der Waals surface area contributed by atoms with E-state index < -0.39 is 5.54 Å². The normalized spacial score (nSPS) is 13.7. The Hall–Kier alpha value is -1.72. The molecule has 0 fully saturated rings. The summed E-state index contributed by atoms with van der Waals surface area (Å²) in [6.07, 6.45) is 0.364. The van der Waals surface area contributed by atoms with Gasteiger partial charge in [0.05, 0.1) is 7.11 Å². The van der Waals surface area contributed by atoms with Crippen molar-refractivity contribution in [1.29, 1.82) is 0 Å². The van der Waals surface area contributed by atoms with Gasteiger partial charge in [-0.3, -0.25) is 10.1 Å². The van der Waals surface area contributed by atoms with Crippen molar-refractivity contribution in [2.24, 2.45) is 0 Å². The van der Waals surface area contributed by atoms with Crippen molar-refractivity contribution in [2.75, 3.05) is 7.11 Å². The molecule has 3 nitrogen and oxygen atoms in total. The lowest BCUT2D eigenvalue weighted by Crippen LogP contribution is -2.51. The predicted octanol–water partition coefficient (Wildman–Crippen LogP) is 3.15. The molecule has 0 bridgehead atoms. The molecule has 5 heteroatoms. The first-order valence-corrected chi connectivity index (χ1v) is 7.52. The van der Waals surface area contributed by atoms with E-state index in [-0.39, 0.29) is 11.8 Å². The van der Waals surface area contributed by atoms with E-state index in [9.17, 15) is 9.18 Å². The molecule has 0 saturated heterocycles. The SMILES string of the molecule is COC(=O)C(C)(Cc1cccc(F)c1)NCc1cccs1. The van der Waals surface area contributed by atoms with Gasteiger partial charge in [0, 0.05) is 17.8 Å². The Morgan fingerprint density at radius 3 is 2.81 bits per heavy atom. The van der Waals surface area contributed by atoms with Crippen LogP contribution in [0.5, 0.6) is 0 Å². The van der Waals surface area contributed by atoms with E-state index in [1.807, 2.05) is 17.5 Å². The number of carbonyl (C=O) groups is 1. The van der Waals surface area contributed by atoms with E-state index in [0.717, 1.165) is 10.4 Å². The number of esters is 1. The van der Waals surface area contributed by atoms with Gasteiger partial charge >= 0.3 is 5.97 Å². The third kappa shape index (κ3) is 4.12. The summed E-state index contributed by atoms with van der Waals surface area (Å²) in [6, 6.07) is 10.2. The zero-order valence-corrected chi connectivity index (χ0v) is 12.9. The smallest absolute Gasteiger partial charge is 0.326 e. The number of hydrogen-bond acceptors (Lipinski definition) is 4. The maximum absolute atomic E-state index is 13.3. The standard InChI is InChI=1S/C16H18FNO2S/c1-16(15(19)20-2,18-11-14-7-4-8-21-14)10-12-5-3-6-13(17)9-12/h3-9,18H,10-11H2,1-2H3. The number of methoxy groups -OCH3 is 1. The van der Waals surface area contributed by atoms with Gasteiger partial charge < -0.3 is 4.74 Å². The van der Waals surface area contributed by atoms with E-state index in [4.69, 9.17) is 4.74 Å². The van der Waals surface area contributed by atoms with E-state index in [2.05, 4.69) is 5.32 Å². The molecule has 0 saturated carbocycles. The van der Waals surface area contributed by atoms with Crippen molar-refractivity contribution in [1.82, 2.24) is 5.32 Å². The van der Waals surface area contributed by atoms with Gasteiger partial charge in [-0.2, -0.15) is 0 Å². The van der Waals surface area contributed by atoms with Gasteiger partial charge in [-0.05, 0) is 36.1 Å². The molecule has 112 valence electrons. The molecule has 0 spiro atoms. The van der Waals surface area contributed by atoms with Crippen LogP contribution >= 0.6 is 11.3 Å². The summed E-state index contributed by atoms with van der Waals surface area (Å²) >= 11 is 1.62. The number of carbonyl (C=O) groups excluding carboxylic acids is 1. The molecule has 21 heavy (non-hydrogen) atoms. The number of benzene rings is 1. The number of nitrogens with one attached hydrogen (secondary N) is 1. The summed E-state index contributed by atoms with van der Waals surface area (Å²) in [5.41, 5.74) is -0.145. The van der Waals surface area contributed by atoms with Crippen LogP contribution in [0, 0.1) is 5.82 Å². The van der Waals surface area contributed by atoms with Crippen molar-refractivity contribution in [2.45, 2.75) is 25.4 Å². The highest BCUT2D eigenvalue weighted by atomic mass is 32.1. The van der Waals surface area contributed by atoms with Gasteiger partial charge in [-0.1, -0.05) is 18.2 Å². The first-order valence-electron chi connectivity index (χ1n) is 6.64. The lowest BCUT2D eigenvalue weighted by atomic mass is 9.92. The fourth-order valence-electron chi connectivity index (χ4n) is 2.18. The molecular weight excluding hydrogens is 289 g/mol. The van der Waals surface area contributed by atoms with Crippen LogP contribution < -0.4 is 5.32 Å². The second-order valence-corrected chi connectivity index (χ2v) is 6.10. The summed E-state index contributed by atoms with van der Waals surface area (Å²) in [5, 5.41) is 5.22. The molecule has 0 radical (unpaired) electrons. The first kappa shape index (κ1) is 15.7. The van der Waals surface area contributed by atoms with Crippen molar-refractivity contribution in [3.8, 4) is 0 Å². The molecule has 1 aromatic heterocycles. The number of ether oxygens (including phenoxy) is 1. The van der Waals surface area contributed by atoms with Crippen LogP contribution in [0.25, 0.3) is 0 Å². The van der Waals surface area contributed by atoms with Gasteiger partial charge in [0.15, 0.2) is 0 Å². The van der Waals surface area contributed by atoms with Gasteiger partial charge in [0.2, 0.25) is 0 Å². The van der Waals surface area contributed by atoms with Gasteiger partial charge in [0.25, 0.3) is 0 Å². The molecule has 0 aliphatic carbocycles. The Kier molecular flexibility index (Phi) is 5.09. The van der Waals surface area contributed by atoms with E-state index in [0.29, 0.717) is 13.0 Å². The van der Waals surface area contributed by atoms with Crippen LogP contribution in [0.2, 0.25) is 0 Å². The average Bonchev–Trinajstić information content (AvgIpc) is 2.97. The maximum atomic E-state index is 13.3. The summed E-state index contributed by atoms with van der Waals surface area (Å²) in [6.45, 7) is 2.34. The second-order valence-electron chi connectivity index (χ2n) is 5.06. The number of thiophene rings is 1. The highest BCUT2D eigenvalue weighted by molar-refractivity contribution is 7.09. The summed E-state index contributed by atoms with van der Waals surface area (Å²) < 4.78 is 18.2. The topological polar surface area (TPSA) is 38.3 Å². The minimum Gasteiger partial charge on any atom is -0.468 e. The highest BCUT2D eigenvalue weighted by Crippen LogP contribution is 2.18. The number of halogens is 1. The Morgan fingerprint density at radius 1 is 1.38 bits per heavy atom. The Balaban J connectivity index is 2.14. The molecule has 1 unspecified atom stereocenters. The van der Waals surface area contributed by atoms with Crippen LogP contribution in [-0.2, 0) is 22.5 Å². The monoisotopic (exact) mass is 307 g/mol. The highest BCUT2D eigenvalue weighted by Gasteiger charge is 2.34. The lowest BCUT2D eigenvalue weighted by molar-refractivity contribution is -0.148. The van der Waals surface area contributed by atoms with Crippen LogP contribution in [0.15, 0.2) is 41.8 Å². The molecule has 1 heterocycles. The average molecular weight is 307 g/mol. The summed E-state index contributed by atoms with van der Waals surface area (Å²) in [5.74, 6) is -0.665. The third-order valence-corrected chi connectivity index (χ3v) is 4.19. The zero-order chi connectivity index (χ0) is 15.3. The summed E-state index contributed by atoms with van der Waals surface area (Å²) in [4.78, 5) is 13.2. The molecule has 0 amide bonds. The van der Waals surface area contributed by atoms with Crippen molar-refractivity contribution in [3.05, 3.63) is 58.0 Å². The fourth-order valence-corrected chi connectivity index (χ4v) is 2.83. The van der Waals surface area contributed by atoms with E-state index >= 15 is 0 Å². The predicted molar refractivity (Wildman–Crippen MR) is 81.7 cm³/mol. The lowest BCUT2D eigenvalue weighted by Gasteiger charge is -2.28. The van der Waals surface area contributed by atoms with Gasteiger partial charge in [0.1, 0.15) is 11.4 Å². The minimum absolute atomic E-state index is 0.307. The molecule has 0 aliphatic heterocycles. The quantitative estimate of drug-likeness (QED) is 0.833. The Morgan fingerprint density at radius 2 is 2.19 bits per heavy atom. The molecule has 1 atom stereocenters. The molecule has 2 aromatic rings. The number of rotatable bonds is 6. The number of hydrogen-bond donors (Lipinski definition) is 1. The third-order valence-electron chi connectivity index (χ3n) is 3.32. The minimum atomic E-state index is -0.896. The van der Waals surface area contributed by atoms with Gasteiger partial charge in [-0.15, -0.1) is 11.3 Å². The first-order chi connectivity index (χ1) is 10.0. The van der Waals surface area contributed by atoms with Crippen molar-refractivity contribution in [3.63, 3.8) is 0 Å². The molecular formula is C16H18FNO2S. The molecule has 1 N–H and O–H groups in total. The van der Waals surface area contributed by atoms with Gasteiger partial charge in [-0.25, -0.2) is 4.39 Å². The molecule has 1 aromatic carbocycles. The van der Waals surface area contributed by atoms with E-state index in [1.54, 1.807) is 30.4 Å². The largest absolute Gasteiger partial charge is 0.468 e. The molecule has 0 aliphatic rings. The molecule has 2 rings (SSSR count). The fraction of sp³-hybridized carbons (Fsp3) is 0.312. The van der Waals surface area contributed by atoms with Crippen molar-refractivity contribution >= 4 is 17.3 Å². The van der Waals surface area contributed by atoms with Crippen LogP contribution in [-0.4, -0.2) is 18.6 Å². The van der Waals surface area contributed by atoms with E-state index in [1.165, 1.54) is 19.2 Å². The van der Waals surface area contributed by atoms with Crippen molar-refractivity contribution < 1.29 is 13.9 Å². The maximum Gasteiger partial charge on any atom is 0.326 e.